The molecule has 4 nitrogen and oxygen atoms in total. The van der Waals surface area contributed by atoms with Crippen molar-refractivity contribution in [2.24, 2.45) is 0 Å². The van der Waals surface area contributed by atoms with Crippen LogP contribution in [0.4, 0.5) is 13.2 Å². The van der Waals surface area contributed by atoms with E-state index in [0.29, 0.717) is 10.9 Å². The van der Waals surface area contributed by atoms with Gasteiger partial charge in [0.1, 0.15) is 5.52 Å². The van der Waals surface area contributed by atoms with Crippen LogP contribution in [0.15, 0.2) is 23.1 Å². The molecule has 0 spiro atoms. The van der Waals surface area contributed by atoms with E-state index in [-0.39, 0.29) is 12.6 Å². The summed E-state index contributed by atoms with van der Waals surface area (Å²) >= 11 is 0. The van der Waals surface area contributed by atoms with Gasteiger partial charge in [0.05, 0.1) is 6.20 Å². The molecule has 0 fully saturated rings. The minimum absolute atomic E-state index is 0.0111. The third-order valence-corrected chi connectivity index (χ3v) is 3.05. The fraction of sp³-hybridized carbons (Fsp3) is 0.333. The van der Waals surface area contributed by atoms with Crippen LogP contribution in [0, 0.1) is 13.8 Å². The molecule has 0 aromatic carbocycles. The standard InChI is InChI=1S/C12H12F3N3O/c1-7-8(2)18(5-3-4-12(13,14)15)10-9(7)6-16-17-11(10)19/h3-4,6H,5H2,1-2H3,(H,17,19). The Labute approximate surface area is 106 Å². The van der Waals surface area contributed by atoms with Crippen molar-refractivity contribution in [1.29, 1.82) is 0 Å². The number of allylic oxidation sites excluding steroid dienone is 2. The van der Waals surface area contributed by atoms with E-state index < -0.39 is 11.7 Å². The van der Waals surface area contributed by atoms with Crippen LogP contribution in [-0.2, 0) is 6.54 Å². The zero-order chi connectivity index (χ0) is 14.2. The fourth-order valence-corrected chi connectivity index (χ4v) is 2.02. The van der Waals surface area contributed by atoms with Crippen molar-refractivity contribution in [2.75, 3.05) is 0 Å². The zero-order valence-corrected chi connectivity index (χ0v) is 10.4. The fourth-order valence-electron chi connectivity index (χ4n) is 2.02. The lowest BCUT2D eigenvalue weighted by atomic mass is 10.2. The number of aryl methyl sites for hydroxylation is 1. The summed E-state index contributed by atoms with van der Waals surface area (Å²) < 4.78 is 37.8. The molecule has 19 heavy (non-hydrogen) atoms. The van der Waals surface area contributed by atoms with Gasteiger partial charge in [-0.1, -0.05) is 6.08 Å². The highest BCUT2D eigenvalue weighted by atomic mass is 19.4. The van der Waals surface area contributed by atoms with Gasteiger partial charge in [-0.05, 0) is 19.4 Å². The second-order valence-electron chi connectivity index (χ2n) is 4.23. The first kappa shape index (κ1) is 13.4. The second kappa shape index (κ2) is 4.56. The van der Waals surface area contributed by atoms with Crippen molar-refractivity contribution in [1.82, 2.24) is 14.8 Å². The Morgan fingerprint density at radius 3 is 2.74 bits per heavy atom. The summed E-state index contributed by atoms with van der Waals surface area (Å²) in [7, 11) is 0. The number of rotatable bonds is 2. The highest BCUT2D eigenvalue weighted by Crippen LogP contribution is 2.22. The molecule has 0 aliphatic rings. The van der Waals surface area contributed by atoms with Gasteiger partial charge in [-0.15, -0.1) is 0 Å². The van der Waals surface area contributed by atoms with Crippen molar-refractivity contribution in [2.45, 2.75) is 26.6 Å². The molecule has 2 aromatic rings. The SMILES string of the molecule is Cc1c(C)n(CC=CC(F)(F)F)c2c(=O)[nH]ncc12. The normalized spacial score (nSPS) is 12.7. The molecule has 1 N–H and O–H groups in total. The van der Waals surface area contributed by atoms with Gasteiger partial charge >= 0.3 is 6.18 Å². The van der Waals surface area contributed by atoms with Crippen LogP contribution in [0.2, 0.25) is 0 Å². The van der Waals surface area contributed by atoms with E-state index in [1.165, 1.54) is 6.20 Å². The number of alkyl halides is 3. The largest absolute Gasteiger partial charge is 0.409 e. The third kappa shape index (κ3) is 2.54. The highest BCUT2D eigenvalue weighted by Gasteiger charge is 2.22. The number of nitrogens with one attached hydrogen (secondary N) is 1. The predicted molar refractivity (Wildman–Crippen MR) is 65.0 cm³/mol. The number of hydrogen-bond donors (Lipinski definition) is 1. The minimum atomic E-state index is -4.35. The first-order chi connectivity index (χ1) is 8.81. The van der Waals surface area contributed by atoms with Gasteiger partial charge in [0.25, 0.3) is 5.56 Å². The average molecular weight is 271 g/mol. The average Bonchev–Trinajstić information content (AvgIpc) is 2.54. The van der Waals surface area contributed by atoms with Crippen LogP contribution in [0.5, 0.6) is 0 Å². The van der Waals surface area contributed by atoms with E-state index >= 15 is 0 Å². The number of aromatic nitrogens is 3. The monoisotopic (exact) mass is 271 g/mol. The topological polar surface area (TPSA) is 50.7 Å². The molecule has 0 aliphatic heterocycles. The molecule has 0 amide bonds. The Balaban J connectivity index is 2.52. The van der Waals surface area contributed by atoms with Crippen LogP contribution in [0.25, 0.3) is 10.9 Å². The number of fused-ring (bicyclic) bond motifs is 1. The molecular formula is C12H12F3N3O. The van der Waals surface area contributed by atoms with Gasteiger partial charge in [-0.3, -0.25) is 4.79 Å². The molecule has 2 heterocycles. The highest BCUT2D eigenvalue weighted by molar-refractivity contribution is 5.83. The molecule has 0 saturated heterocycles. The molecule has 2 rings (SSSR count). The summed E-state index contributed by atoms with van der Waals surface area (Å²) in [5, 5.41) is 6.64. The number of nitrogens with zero attached hydrogens (tertiary/aromatic N) is 2. The summed E-state index contributed by atoms with van der Waals surface area (Å²) in [6.07, 6.45) is -1.68. The number of H-pyrrole nitrogens is 1. The molecule has 0 aliphatic carbocycles. The summed E-state index contributed by atoms with van der Waals surface area (Å²) in [6, 6.07) is 0. The van der Waals surface area contributed by atoms with Crippen LogP contribution in [-0.4, -0.2) is 20.9 Å². The molecule has 102 valence electrons. The Bertz CT molecular complexity index is 695. The first-order valence-electron chi connectivity index (χ1n) is 5.59. The maximum Gasteiger partial charge on any atom is 0.409 e. The lowest BCUT2D eigenvalue weighted by Crippen LogP contribution is -2.12. The predicted octanol–water partition coefficient (Wildman–Crippen LogP) is 2.46. The van der Waals surface area contributed by atoms with E-state index in [4.69, 9.17) is 0 Å². The van der Waals surface area contributed by atoms with Crippen LogP contribution in [0.3, 0.4) is 0 Å². The molecule has 0 unspecified atom stereocenters. The molecule has 7 heteroatoms. The number of halogens is 3. The van der Waals surface area contributed by atoms with Crippen molar-refractivity contribution in [3.8, 4) is 0 Å². The summed E-state index contributed by atoms with van der Waals surface area (Å²) in [5.41, 5.74) is 1.53. The molecular weight excluding hydrogens is 259 g/mol. The molecule has 2 aromatic heterocycles. The minimum Gasteiger partial charge on any atom is -0.336 e. The van der Waals surface area contributed by atoms with Gasteiger partial charge in [0, 0.05) is 23.7 Å². The van der Waals surface area contributed by atoms with Gasteiger partial charge in [-0.25, -0.2) is 5.10 Å². The Hall–Kier alpha value is -2.05. The lowest BCUT2D eigenvalue weighted by Gasteiger charge is -2.04. The van der Waals surface area contributed by atoms with Gasteiger partial charge in [-0.2, -0.15) is 18.3 Å². The molecule has 0 radical (unpaired) electrons. The Morgan fingerprint density at radius 1 is 1.42 bits per heavy atom. The van der Waals surface area contributed by atoms with E-state index in [1.807, 2.05) is 6.92 Å². The smallest absolute Gasteiger partial charge is 0.336 e. The van der Waals surface area contributed by atoms with Crippen molar-refractivity contribution >= 4 is 10.9 Å². The number of hydrogen-bond acceptors (Lipinski definition) is 2. The van der Waals surface area contributed by atoms with Crippen molar-refractivity contribution in [3.05, 3.63) is 40.0 Å². The van der Waals surface area contributed by atoms with Crippen LogP contribution in [0.1, 0.15) is 11.3 Å². The molecule has 0 atom stereocenters. The molecule has 0 saturated carbocycles. The summed E-state index contributed by atoms with van der Waals surface area (Å²) in [4.78, 5) is 11.7. The van der Waals surface area contributed by atoms with Gasteiger partial charge in [0.2, 0.25) is 0 Å². The summed E-state index contributed by atoms with van der Waals surface area (Å²) in [6.45, 7) is 3.56. The Morgan fingerprint density at radius 2 is 2.11 bits per heavy atom. The quantitative estimate of drug-likeness (QED) is 0.853. The molecule has 0 bridgehead atoms. The first-order valence-corrected chi connectivity index (χ1v) is 5.59. The zero-order valence-electron chi connectivity index (χ0n) is 10.4. The van der Waals surface area contributed by atoms with E-state index in [2.05, 4.69) is 10.2 Å². The van der Waals surface area contributed by atoms with Crippen LogP contribution >= 0.6 is 0 Å². The van der Waals surface area contributed by atoms with Gasteiger partial charge in [0.15, 0.2) is 0 Å². The van der Waals surface area contributed by atoms with Crippen LogP contribution < -0.4 is 5.56 Å². The number of aromatic amines is 1. The van der Waals surface area contributed by atoms with E-state index in [1.54, 1.807) is 11.5 Å². The maximum absolute atomic E-state index is 12.1. The van der Waals surface area contributed by atoms with E-state index in [0.717, 1.165) is 17.3 Å². The van der Waals surface area contributed by atoms with Gasteiger partial charge < -0.3 is 4.57 Å². The van der Waals surface area contributed by atoms with E-state index in [9.17, 15) is 18.0 Å². The third-order valence-electron chi connectivity index (χ3n) is 3.05. The Kier molecular flexibility index (Phi) is 3.21. The van der Waals surface area contributed by atoms with Crippen molar-refractivity contribution < 1.29 is 13.2 Å². The second-order valence-corrected chi connectivity index (χ2v) is 4.23. The van der Waals surface area contributed by atoms with Crippen molar-refractivity contribution in [3.63, 3.8) is 0 Å². The maximum atomic E-state index is 12.1. The summed E-state index contributed by atoms with van der Waals surface area (Å²) in [5.74, 6) is 0. The lowest BCUT2D eigenvalue weighted by molar-refractivity contribution is -0.0800.